The molecule has 1 fully saturated rings. The standard InChI is InChI=1S/C20H25Cl3N4O3S2/c1-11(31-12-7-13(21)17(23)14(22)8-12)6-16(28)30-15-9-26(5)10-27(15,29)19-25-24-18(32-19)20(2,3)4/h7-8,11,15H,6,9-10H2,1-5H3. The maximum absolute atomic E-state index is 13.7. The van der Waals surface area contributed by atoms with Gasteiger partial charge in [-0.25, -0.2) is 4.90 Å². The zero-order valence-electron chi connectivity index (χ0n) is 18.4. The number of nitrogens with zero attached hydrogens (tertiary/aromatic N) is 4. The minimum absolute atomic E-state index is 0.117. The molecule has 3 unspecified atom stereocenters. The van der Waals surface area contributed by atoms with Crippen molar-refractivity contribution in [2.75, 3.05) is 20.3 Å². The molecule has 1 aliphatic heterocycles. The highest BCUT2D eigenvalue weighted by Crippen LogP contribution is 2.38. The van der Waals surface area contributed by atoms with Crippen LogP contribution in [0.1, 0.15) is 39.1 Å². The highest BCUT2D eigenvalue weighted by molar-refractivity contribution is 8.00. The number of likely N-dealkylation sites (N-methyl/N-ethyl adjacent to an activating group) is 1. The van der Waals surface area contributed by atoms with Crippen molar-refractivity contribution in [3.63, 3.8) is 0 Å². The zero-order valence-corrected chi connectivity index (χ0v) is 22.3. The number of hydrogen-bond acceptors (Lipinski definition) is 8. The molecule has 1 aromatic heterocycles. The van der Waals surface area contributed by atoms with Crippen molar-refractivity contribution >= 4 is 69.0 Å². The van der Waals surface area contributed by atoms with E-state index in [0.717, 1.165) is 9.90 Å². The predicted octanol–water partition coefficient (Wildman–Crippen LogP) is 5.94. The van der Waals surface area contributed by atoms with Gasteiger partial charge in [0.05, 0.1) is 28.0 Å². The Morgan fingerprint density at radius 1 is 1.34 bits per heavy atom. The van der Waals surface area contributed by atoms with E-state index in [2.05, 4.69) is 10.2 Å². The largest absolute Gasteiger partial charge is 0.622 e. The van der Waals surface area contributed by atoms with E-state index in [1.54, 1.807) is 12.1 Å². The molecular formula is C20H25Cl3N4O3S2. The van der Waals surface area contributed by atoms with E-state index in [1.165, 1.54) is 23.1 Å². The number of rotatable bonds is 6. The van der Waals surface area contributed by atoms with Gasteiger partial charge < -0.3 is 9.94 Å². The molecular weight excluding hydrogens is 515 g/mol. The van der Waals surface area contributed by atoms with Crippen molar-refractivity contribution in [2.24, 2.45) is 0 Å². The van der Waals surface area contributed by atoms with Crippen LogP contribution in [0.4, 0.5) is 5.13 Å². The van der Waals surface area contributed by atoms with Crippen LogP contribution >= 0.6 is 57.9 Å². The van der Waals surface area contributed by atoms with E-state index >= 15 is 0 Å². The number of halogens is 3. The summed E-state index contributed by atoms with van der Waals surface area (Å²) in [6.07, 6.45) is -0.781. The number of carbonyl (C=O) groups is 1. The molecule has 0 bridgehead atoms. The minimum Gasteiger partial charge on any atom is -0.622 e. The highest BCUT2D eigenvalue weighted by atomic mass is 35.5. The van der Waals surface area contributed by atoms with E-state index in [0.29, 0.717) is 26.7 Å². The molecule has 32 heavy (non-hydrogen) atoms. The molecule has 7 nitrogen and oxygen atoms in total. The molecule has 2 heterocycles. The Morgan fingerprint density at radius 2 is 1.97 bits per heavy atom. The summed E-state index contributed by atoms with van der Waals surface area (Å²) in [5, 5.41) is 24.0. The molecule has 176 valence electrons. The highest BCUT2D eigenvalue weighted by Gasteiger charge is 2.45. The maximum Gasteiger partial charge on any atom is 0.311 e. The molecule has 0 amide bonds. The number of benzene rings is 1. The van der Waals surface area contributed by atoms with Crippen molar-refractivity contribution in [1.29, 1.82) is 0 Å². The van der Waals surface area contributed by atoms with Crippen LogP contribution in [0.25, 0.3) is 0 Å². The molecule has 0 radical (unpaired) electrons. The van der Waals surface area contributed by atoms with E-state index in [4.69, 9.17) is 39.5 Å². The van der Waals surface area contributed by atoms with Gasteiger partial charge in [0.15, 0.2) is 0 Å². The Hall–Kier alpha value is -0.650. The van der Waals surface area contributed by atoms with Crippen molar-refractivity contribution in [3.05, 3.63) is 37.4 Å². The monoisotopic (exact) mass is 538 g/mol. The van der Waals surface area contributed by atoms with E-state index in [9.17, 15) is 10.0 Å². The topological polar surface area (TPSA) is 78.4 Å². The van der Waals surface area contributed by atoms with Crippen molar-refractivity contribution in [1.82, 2.24) is 19.7 Å². The van der Waals surface area contributed by atoms with Gasteiger partial charge in [0.2, 0.25) is 0 Å². The van der Waals surface area contributed by atoms with Gasteiger partial charge in [0.1, 0.15) is 11.7 Å². The van der Waals surface area contributed by atoms with Gasteiger partial charge in [0, 0.05) is 15.6 Å². The quantitative estimate of drug-likeness (QED) is 0.148. The number of aromatic nitrogens is 2. The van der Waals surface area contributed by atoms with Crippen LogP contribution in [0.3, 0.4) is 0 Å². The van der Waals surface area contributed by atoms with Gasteiger partial charge in [-0.1, -0.05) is 67.6 Å². The summed E-state index contributed by atoms with van der Waals surface area (Å²) in [4.78, 5) is 15.3. The molecule has 1 aromatic carbocycles. The third-order valence-corrected chi connectivity index (χ3v) is 8.51. The van der Waals surface area contributed by atoms with Crippen LogP contribution in [0.2, 0.25) is 15.1 Å². The number of quaternary nitrogens is 1. The molecule has 3 rings (SSSR count). The average molecular weight is 540 g/mol. The number of hydroxylamine groups is 2. The Balaban J connectivity index is 1.67. The fourth-order valence-electron chi connectivity index (χ4n) is 3.19. The third-order valence-electron chi connectivity index (χ3n) is 4.78. The number of esters is 1. The zero-order chi connectivity index (χ0) is 23.8. The number of ether oxygens (including phenoxy) is 1. The fraction of sp³-hybridized carbons (Fsp3) is 0.550. The summed E-state index contributed by atoms with van der Waals surface area (Å²) in [5.41, 5.74) is -0.215. The van der Waals surface area contributed by atoms with Crippen LogP contribution in [0.5, 0.6) is 0 Å². The van der Waals surface area contributed by atoms with E-state index < -0.39 is 16.8 Å². The van der Waals surface area contributed by atoms with Crippen LogP contribution in [-0.4, -0.2) is 52.8 Å². The Kier molecular flexibility index (Phi) is 8.04. The first-order valence-electron chi connectivity index (χ1n) is 9.92. The SMILES string of the molecule is CC(CC(=O)OC1CN(C)C[N+]1([O-])c1nnc(C(C)(C)C)s1)Sc1cc(Cl)c(Cl)c(Cl)c1. The molecule has 2 aromatic rings. The Morgan fingerprint density at radius 3 is 2.53 bits per heavy atom. The summed E-state index contributed by atoms with van der Waals surface area (Å²) < 4.78 is 4.81. The molecule has 12 heteroatoms. The molecule has 0 spiro atoms. The van der Waals surface area contributed by atoms with Crippen LogP contribution < -0.4 is 4.65 Å². The third kappa shape index (κ3) is 5.88. The van der Waals surface area contributed by atoms with Gasteiger partial charge in [-0.3, -0.25) is 9.44 Å². The molecule has 1 aliphatic rings. The molecule has 0 aliphatic carbocycles. The summed E-state index contributed by atoms with van der Waals surface area (Å²) in [6, 6.07) is 3.41. The smallest absolute Gasteiger partial charge is 0.311 e. The lowest BCUT2D eigenvalue weighted by Gasteiger charge is -2.38. The van der Waals surface area contributed by atoms with Gasteiger partial charge in [0.25, 0.3) is 6.23 Å². The van der Waals surface area contributed by atoms with Crippen molar-refractivity contribution in [2.45, 2.75) is 55.9 Å². The molecule has 0 N–H and O–H groups in total. The van der Waals surface area contributed by atoms with Crippen LogP contribution in [0, 0.1) is 5.21 Å². The first-order valence-corrected chi connectivity index (χ1v) is 12.7. The first-order chi connectivity index (χ1) is 14.8. The van der Waals surface area contributed by atoms with Crippen LogP contribution in [0.15, 0.2) is 17.0 Å². The fourth-order valence-corrected chi connectivity index (χ4v) is 5.95. The van der Waals surface area contributed by atoms with Gasteiger partial charge in [-0.05, 0) is 30.5 Å². The normalized spacial score (nSPS) is 22.8. The molecule has 3 atom stereocenters. The summed E-state index contributed by atoms with van der Waals surface area (Å²) in [6.45, 7) is 8.40. The summed E-state index contributed by atoms with van der Waals surface area (Å²) in [7, 11) is 1.82. The lowest BCUT2D eigenvalue weighted by Crippen LogP contribution is -2.51. The lowest BCUT2D eigenvalue weighted by atomic mass is 9.98. The average Bonchev–Trinajstić information content (AvgIpc) is 3.25. The molecule has 0 saturated carbocycles. The lowest BCUT2D eigenvalue weighted by molar-refractivity contribution is -0.153. The van der Waals surface area contributed by atoms with Crippen molar-refractivity contribution < 1.29 is 9.53 Å². The summed E-state index contributed by atoms with van der Waals surface area (Å²) >= 11 is 20.8. The first kappa shape index (κ1) is 26.0. The maximum atomic E-state index is 13.7. The summed E-state index contributed by atoms with van der Waals surface area (Å²) in [5.74, 6) is -0.449. The van der Waals surface area contributed by atoms with Gasteiger partial charge >= 0.3 is 11.1 Å². The predicted molar refractivity (Wildman–Crippen MR) is 133 cm³/mol. The minimum atomic E-state index is -0.898. The number of thioether (sulfide) groups is 1. The van der Waals surface area contributed by atoms with Gasteiger partial charge in [-0.15, -0.1) is 16.9 Å². The Labute approximate surface area is 211 Å². The van der Waals surface area contributed by atoms with Gasteiger partial charge in [-0.2, -0.15) is 0 Å². The Bertz CT molecular complexity index is 978. The second-order valence-corrected chi connectivity index (χ2v) is 12.6. The molecule has 1 saturated heterocycles. The number of hydrogen-bond donors (Lipinski definition) is 0. The second kappa shape index (κ2) is 9.92. The van der Waals surface area contributed by atoms with E-state index in [1.807, 2.05) is 39.6 Å². The van der Waals surface area contributed by atoms with Crippen LogP contribution in [-0.2, 0) is 14.9 Å². The number of carbonyl (C=O) groups excluding carboxylic acids is 1. The van der Waals surface area contributed by atoms with Crippen molar-refractivity contribution in [3.8, 4) is 0 Å². The van der Waals surface area contributed by atoms with E-state index in [-0.39, 0.29) is 23.8 Å². The second-order valence-electron chi connectivity index (χ2n) is 8.89.